The Kier molecular flexibility index (Phi) is 2.42. The van der Waals surface area contributed by atoms with E-state index in [1.165, 1.54) is 10.9 Å². The third-order valence-electron chi connectivity index (χ3n) is 3.45. The molecule has 1 aliphatic heterocycles. The van der Waals surface area contributed by atoms with Gasteiger partial charge in [0.05, 0.1) is 19.8 Å². The summed E-state index contributed by atoms with van der Waals surface area (Å²) in [6.45, 7) is 1.73. The molecule has 0 radical (unpaired) electrons. The summed E-state index contributed by atoms with van der Waals surface area (Å²) >= 11 is 0. The van der Waals surface area contributed by atoms with E-state index in [9.17, 15) is 5.11 Å². The Bertz CT molecular complexity index is 487. The van der Waals surface area contributed by atoms with E-state index in [2.05, 4.69) is 17.1 Å². The Balaban J connectivity index is 2.02. The number of H-pyrrole nitrogens is 1. The van der Waals surface area contributed by atoms with Crippen LogP contribution >= 0.6 is 0 Å². The molecule has 3 nitrogen and oxygen atoms in total. The van der Waals surface area contributed by atoms with E-state index < -0.39 is 0 Å². The Morgan fingerprint density at radius 3 is 2.88 bits per heavy atom. The van der Waals surface area contributed by atoms with E-state index in [0.29, 0.717) is 5.92 Å². The molecule has 2 N–H and O–H groups in total. The van der Waals surface area contributed by atoms with Crippen LogP contribution in [-0.4, -0.2) is 29.9 Å². The Labute approximate surface area is 94.0 Å². The molecule has 2 aromatic rings. The van der Waals surface area contributed by atoms with Crippen molar-refractivity contribution < 1.29 is 9.84 Å². The zero-order valence-corrected chi connectivity index (χ0v) is 9.02. The molecule has 0 amide bonds. The number of rotatable bonds is 3. The van der Waals surface area contributed by atoms with Gasteiger partial charge in [-0.25, -0.2) is 0 Å². The number of aromatic nitrogens is 1. The number of para-hydroxylation sites is 1. The summed E-state index contributed by atoms with van der Waals surface area (Å²) in [5.41, 5.74) is 2.35. The zero-order valence-electron chi connectivity index (χ0n) is 9.02. The molecule has 2 heterocycles. The fourth-order valence-corrected chi connectivity index (χ4v) is 2.39. The lowest BCUT2D eigenvalue weighted by Crippen LogP contribution is -2.34. The van der Waals surface area contributed by atoms with E-state index in [0.717, 1.165) is 18.7 Å². The summed E-state index contributed by atoms with van der Waals surface area (Å²) < 4.78 is 5.21. The molecule has 1 aliphatic rings. The van der Waals surface area contributed by atoms with Crippen molar-refractivity contribution in [3.8, 4) is 0 Å². The number of ether oxygens (including phenoxy) is 1. The fourth-order valence-electron chi connectivity index (χ4n) is 2.39. The van der Waals surface area contributed by atoms with Crippen molar-refractivity contribution in [2.75, 3.05) is 19.8 Å². The summed E-state index contributed by atoms with van der Waals surface area (Å²) in [6, 6.07) is 8.21. The van der Waals surface area contributed by atoms with Crippen molar-refractivity contribution >= 4 is 10.9 Å². The predicted molar refractivity (Wildman–Crippen MR) is 62.4 cm³/mol. The highest BCUT2D eigenvalue weighted by Crippen LogP contribution is 2.34. The van der Waals surface area contributed by atoms with Gasteiger partial charge in [-0.2, -0.15) is 0 Å². The van der Waals surface area contributed by atoms with Gasteiger partial charge in [-0.15, -0.1) is 0 Å². The second-order valence-corrected chi connectivity index (χ2v) is 4.38. The summed E-state index contributed by atoms with van der Waals surface area (Å²) in [6.07, 6.45) is 2.02. The van der Waals surface area contributed by atoms with Crippen LogP contribution < -0.4 is 0 Å². The molecule has 0 saturated carbocycles. The second kappa shape index (κ2) is 3.92. The normalized spacial score (nSPS) is 18.6. The molecular formula is C13H15NO2. The maximum atomic E-state index is 9.52. The van der Waals surface area contributed by atoms with Crippen molar-refractivity contribution in [1.29, 1.82) is 0 Å². The molecular weight excluding hydrogens is 202 g/mol. The molecule has 0 aliphatic carbocycles. The van der Waals surface area contributed by atoms with Gasteiger partial charge in [0.2, 0.25) is 0 Å². The minimum Gasteiger partial charge on any atom is -0.396 e. The average molecular weight is 217 g/mol. The monoisotopic (exact) mass is 217 g/mol. The first-order valence-corrected chi connectivity index (χ1v) is 5.65. The largest absolute Gasteiger partial charge is 0.396 e. The minimum absolute atomic E-state index is 0.190. The number of hydrogen-bond acceptors (Lipinski definition) is 2. The van der Waals surface area contributed by atoms with E-state index in [4.69, 9.17) is 4.74 Å². The highest BCUT2D eigenvalue weighted by Gasteiger charge is 2.30. The molecule has 1 fully saturated rings. The van der Waals surface area contributed by atoms with Crippen molar-refractivity contribution in [3.63, 3.8) is 0 Å². The fraction of sp³-hybridized carbons (Fsp3) is 0.385. The van der Waals surface area contributed by atoms with Crippen LogP contribution in [0.15, 0.2) is 30.5 Å². The molecule has 1 aromatic heterocycles. The summed E-state index contributed by atoms with van der Waals surface area (Å²) in [5.74, 6) is 0.661. The molecule has 1 atom stereocenters. The van der Waals surface area contributed by atoms with E-state index in [1.807, 2.05) is 18.3 Å². The third kappa shape index (κ3) is 1.44. The third-order valence-corrected chi connectivity index (χ3v) is 3.45. The molecule has 0 bridgehead atoms. The number of fused-ring (bicyclic) bond motifs is 1. The van der Waals surface area contributed by atoms with Crippen LogP contribution in [0, 0.1) is 5.92 Å². The van der Waals surface area contributed by atoms with Gasteiger partial charge in [0, 0.05) is 28.9 Å². The predicted octanol–water partition coefficient (Wildman–Crippen LogP) is 1.89. The van der Waals surface area contributed by atoms with Gasteiger partial charge in [0.1, 0.15) is 0 Å². The molecule has 84 valence electrons. The standard InChI is InChI=1S/C13H15NO2/c15-6-12(9-7-16-8-9)11-5-14-13-4-2-1-3-10(11)13/h1-5,9,12,14-15H,6-8H2. The van der Waals surface area contributed by atoms with Gasteiger partial charge >= 0.3 is 0 Å². The molecule has 1 saturated heterocycles. The molecule has 3 rings (SSSR count). The average Bonchev–Trinajstić information content (AvgIpc) is 2.67. The lowest BCUT2D eigenvalue weighted by molar-refractivity contribution is -0.0524. The van der Waals surface area contributed by atoms with Crippen LogP contribution in [0.1, 0.15) is 11.5 Å². The lowest BCUT2D eigenvalue weighted by Gasteiger charge is -2.32. The van der Waals surface area contributed by atoms with Crippen molar-refractivity contribution in [1.82, 2.24) is 4.98 Å². The van der Waals surface area contributed by atoms with Gasteiger partial charge in [-0.1, -0.05) is 18.2 Å². The van der Waals surface area contributed by atoms with E-state index >= 15 is 0 Å². The van der Waals surface area contributed by atoms with Crippen LogP contribution in [-0.2, 0) is 4.74 Å². The van der Waals surface area contributed by atoms with Crippen LogP contribution in [0.4, 0.5) is 0 Å². The number of aromatic amines is 1. The van der Waals surface area contributed by atoms with Gasteiger partial charge in [0.15, 0.2) is 0 Å². The SMILES string of the molecule is OCC(c1c[nH]c2ccccc12)C1COC1. The van der Waals surface area contributed by atoms with Crippen molar-refractivity contribution in [2.24, 2.45) is 5.92 Å². The highest BCUT2D eigenvalue weighted by atomic mass is 16.5. The Hall–Kier alpha value is -1.32. The van der Waals surface area contributed by atoms with Crippen molar-refractivity contribution in [3.05, 3.63) is 36.0 Å². The summed E-state index contributed by atoms with van der Waals surface area (Å²) in [5, 5.41) is 10.7. The number of nitrogens with one attached hydrogen (secondary N) is 1. The van der Waals surface area contributed by atoms with Crippen LogP contribution in [0.3, 0.4) is 0 Å². The van der Waals surface area contributed by atoms with Crippen LogP contribution in [0.2, 0.25) is 0 Å². The Morgan fingerprint density at radius 1 is 1.38 bits per heavy atom. The Morgan fingerprint density at radius 2 is 2.19 bits per heavy atom. The summed E-state index contributed by atoms with van der Waals surface area (Å²) in [4.78, 5) is 3.25. The molecule has 0 spiro atoms. The molecule has 1 aromatic carbocycles. The van der Waals surface area contributed by atoms with Crippen LogP contribution in [0.25, 0.3) is 10.9 Å². The van der Waals surface area contributed by atoms with E-state index in [-0.39, 0.29) is 12.5 Å². The first-order valence-electron chi connectivity index (χ1n) is 5.65. The highest BCUT2D eigenvalue weighted by molar-refractivity contribution is 5.83. The second-order valence-electron chi connectivity index (χ2n) is 4.38. The molecule has 16 heavy (non-hydrogen) atoms. The van der Waals surface area contributed by atoms with Gasteiger partial charge in [0.25, 0.3) is 0 Å². The summed E-state index contributed by atoms with van der Waals surface area (Å²) in [7, 11) is 0. The molecule has 1 unspecified atom stereocenters. The quantitative estimate of drug-likeness (QED) is 0.824. The zero-order chi connectivity index (χ0) is 11.0. The van der Waals surface area contributed by atoms with Gasteiger partial charge in [-0.3, -0.25) is 0 Å². The smallest absolute Gasteiger partial charge is 0.0523 e. The minimum atomic E-state index is 0.190. The maximum Gasteiger partial charge on any atom is 0.0523 e. The first kappa shape index (κ1) is 9.87. The lowest BCUT2D eigenvalue weighted by atomic mass is 9.85. The number of benzene rings is 1. The molecule has 3 heteroatoms. The number of hydrogen-bond donors (Lipinski definition) is 2. The first-order chi connectivity index (χ1) is 7.90. The van der Waals surface area contributed by atoms with Crippen molar-refractivity contribution in [2.45, 2.75) is 5.92 Å². The number of aliphatic hydroxyl groups is 1. The maximum absolute atomic E-state index is 9.52. The number of aliphatic hydroxyl groups excluding tert-OH is 1. The van der Waals surface area contributed by atoms with Gasteiger partial charge < -0.3 is 14.8 Å². The van der Waals surface area contributed by atoms with Crippen LogP contribution in [0.5, 0.6) is 0 Å². The van der Waals surface area contributed by atoms with E-state index in [1.54, 1.807) is 0 Å². The van der Waals surface area contributed by atoms with Gasteiger partial charge in [-0.05, 0) is 11.6 Å². The topological polar surface area (TPSA) is 45.2 Å².